The van der Waals surface area contributed by atoms with Crippen LogP contribution in [0.4, 0.5) is 13.2 Å². The highest BCUT2D eigenvalue weighted by Gasteiger charge is 2.40. The summed E-state index contributed by atoms with van der Waals surface area (Å²) in [5, 5.41) is 4.01. The number of rotatable bonds is 3. The number of benzene rings is 1. The molecule has 0 amide bonds. The van der Waals surface area contributed by atoms with Crippen molar-refractivity contribution in [3.05, 3.63) is 60.8 Å². The van der Waals surface area contributed by atoms with Gasteiger partial charge >= 0.3 is 6.18 Å². The number of allylic oxidation sites excluding steroid dienone is 4. The van der Waals surface area contributed by atoms with Gasteiger partial charge in [0.15, 0.2) is 5.75 Å². The Morgan fingerprint density at radius 2 is 1.84 bits per heavy atom. The summed E-state index contributed by atoms with van der Waals surface area (Å²) in [5.74, 6) is -1.84. The zero-order valence-corrected chi connectivity index (χ0v) is 21.5. The summed E-state index contributed by atoms with van der Waals surface area (Å²) in [5.41, 5.74) is 5.28. The lowest BCUT2D eigenvalue weighted by Gasteiger charge is -2.34. The zero-order chi connectivity index (χ0) is 23.3. The van der Waals surface area contributed by atoms with E-state index in [1.807, 2.05) is 18.3 Å². The molecule has 0 spiro atoms. The monoisotopic (exact) mass is 614 g/mol. The zero-order valence-electron chi connectivity index (χ0n) is 16.8. The van der Waals surface area contributed by atoms with Crippen molar-refractivity contribution in [2.45, 2.75) is 31.9 Å². The Bertz CT molecular complexity index is 1140. The van der Waals surface area contributed by atoms with Gasteiger partial charge in [-0.2, -0.15) is 13.2 Å². The molecular formula is C21H20Br2ClF3N2O2S. The second-order valence-corrected chi connectivity index (χ2v) is 12.3. The maximum Gasteiger partial charge on any atom is 0.404 e. The highest BCUT2D eigenvalue weighted by Crippen LogP contribution is 2.45. The van der Waals surface area contributed by atoms with Crippen LogP contribution in [0, 0.1) is 5.92 Å². The van der Waals surface area contributed by atoms with E-state index in [1.165, 1.54) is 0 Å². The lowest BCUT2D eigenvalue weighted by Crippen LogP contribution is -2.43. The molecule has 0 saturated carbocycles. The predicted molar refractivity (Wildman–Crippen MR) is 127 cm³/mol. The summed E-state index contributed by atoms with van der Waals surface area (Å²) in [6.07, 6.45) is 1.62. The van der Waals surface area contributed by atoms with Crippen LogP contribution in [0.1, 0.15) is 30.4 Å². The molecule has 1 saturated heterocycles. The van der Waals surface area contributed by atoms with E-state index in [4.69, 9.17) is 11.6 Å². The number of piperidine rings is 1. The fraction of sp³-hybridized carbons (Fsp3) is 0.429. The maximum absolute atomic E-state index is 12.7. The lowest BCUT2D eigenvalue weighted by molar-refractivity contribution is -0.107. The number of nitrogens with one attached hydrogen (secondary N) is 1. The van der Waals surface area contributed by atoms with E-state index in [0.717, 1.165) is 54.1 Å². The normalized spacial score (nSPS) is 20.7. The van der Waals surface area contributed by atoms with Gasteiger partial charge in [0, 0.05) is 39.0 Å². The molecule has 4 nitrogen and oxygen atoms in total. The van der Waals surface area contributed by atoms with Crippen LogP contribution in [0.3, 0.4) is 0 Å². The van der Waals surface area contributed by atoms with Gasteiger partial charge in [-0.05, 0) is 88.0 Å². The summed E-state index contributed by atoms with van der Waals surface area (Å²) in [4.78, 5) is 0. The van der Waals surface area contributed by atoms with Crippen molar-refractivity contribution >= 4 is 59.1 Å². The third-order valence-corrected chi connectivity index (χ3v) is 9.07. The summed E-state index contributed by atoms with van der Waals surface area (Å²) in [6, 6.07) is 3.79. The molecule has 174 valence electrons. The number of fused-ring (bicyclic) bond motifs is 2. The SMILES string of the molecule is O=S(=O)(CC(F)(F)F)N1CCC(C2=C3NC=C(Br)C=C3CCc3cc(Cl)cc(Br)c32)CC1. The Hall–Kier alpha value is -0.810. The highest BCUT2D eigenvalue weighted by atomic mass is 79.9. The summed E-state index contributed by atoms with van der Waals surface area (Å²) >= 11 is 13.5. The number of halogens is 6. The van der Waals surface area contributed by atoms with Gasteiger partial charge in [-0.15, -0.1) is 0 Å². The molecule has 1 aliphatic carbocycles. The molecule has 1 fully saturated rings. The van der Waals surface area contributed by atoms with Crippen molar-refractivity contribution in [2.24, 2.45) is 5.92 Å². The first kappa shape index (κ1) is 24.3. The molecule has 0 unspecified atom stereocenters. The molecule has 32 heavy (non-hydrogen) atoms. The quantitative estimate of drug-likeness (QED) is 0.445. The first-order valence-electron chi connectivity index (χ1n) is 10.0. The molecule has 2 heterocycles. The van der Waals surface area contributed by atoms with E-state index in [2.05, 4.69) is 43.3 Å². The van der Waals surface area contributed by atoms with Gasteiger partial charge in [0.05, 0.1) is 0 Å². The van der Waals surface area contributed by atoms with Crippen LogP contribution in [0.2, 0.25) is 5.02 Å². The minimum atomic E-state index is -4.75. The van der Waals surface area contributed by atoms with Crippen molar-refractivity contribution in [3.63, 3.8) is 0 Å². The summed E-state index contributed by atoms with van der Waals surface area (Å²) < 4.78 is 65.4. The Labute approximate surface area is 206 Å². The minimum Gasteiger partial charge on any atom is -0.360 e. The topological polar surface area (TPSA) is 49.4 Å². The third kappa shape index (κ3) is 5.14. The van der Waals surface area contributed by atoms with Crippen molar-refractivity contribution in [3.8, 4) is 0 Å². The highest BCUT2D eigenvalue weighted by molar-refractivity contribution is 9.12. The Morgan fingerprint density at radius 3 is 2.50 bits per heavy atom. The van der Waals surface area contributed by atoms with Gasteiger partial charge in [0.1, 0.15) is 0 Å². The third-order valence-electron chi connectivity index (χ3n) is 5.93. The molecule has 4 rings (SSSR count). The van der Waals surface area contributed by atoms with Gasteiger partial charge in [0.2, 0.25) is 10.0 Å². The van der Waals surface area contributed by atoms with Crippen LogP contribution in [-0.2, 0) is 16.4 Å². The lowest BCUT2D eigenvalue weighted by atomic mass is 9.82. The van der Waals surface area contributed by atoms with Crippen molar-refractivity contribution in [1.82, 2.24) is 9.62 Å². The van der Waals surface area contributed by atoms with Crippen LogP contribution < -0.4 is 5.32 Å². The number of hydrogen-bond acceptors (Lipinski definition) is 3. The van der Waals surface area contributed by atoms with Crippen LogP contribution >= 0.6 is 43.5 Å². The van der Waals surface area contributed by atoms with Crippen molar-refractivity contribution < 1.29 is 21.6 Å². The average molecular weight is 617 g/mol. The molecule has 2 aliphatic heterocycles. The number of dihydropyridines is 1. The number of hydrogen-bond donors (Lipinski definition) is 1. The fourth-order valence-electron chi connectivity index (χ4n) is 4.61. The largest absolute Gasteiger partial charge is 0.404 e. The van der Waals surface area contributed by atoms with Crippen LogP contribution in [0.5, 0.6) is 0 Å². The smallest absolute Gasteiger partial charge is 0.360 e. The van der Waals surface area contributed by atoms with Crippen molar-refractivity contribution in [1.29, 1.82) is 0 Å². The Balaban J connectivity index is 1.70. The second kappa shape index (κ2) is 9.09. The van der Waals surface area contributed by atoms with Crippen LogP contribution in [0.25, 0.3) is 5.57 Å². The van der Waals surface area contributed by atoms with Crippen molar-refractivity contribution in [2.75, 3.05) is 18.8 Å². The Kier molecular flexibility index (Phi) is 6.91. The molecule has 1 N–H and O–H groups in total. The average Bonchev–Trinajstić information content (AvgIpc) is 2.83. The van der Waals surface area contributed by atoms with Gasteiger partial charge in [0.25, 0.3) is 0 Å². The molecule has 0 radical (unpaired) electrons. The van der Waals surface area contributed by atoms with Gasteiger partial charge < -0.3 is 5.32 Å². The number of nitrogens with zero attached hydrogens (tertiary/aromatic N) is 1. The van der Waals surface area contributed by atoms with E-state index < -0.39 is 22.0 Å². The van der Waals surface area contributed by atoms with Crippen LogP contribution in [0.15, 0.2) is 44.6 Å². The van der Waals surface area contributed by atoms with E-state index in [-0.39, 0.29) is 19.0 Å². The second-order valence-electron chi connectivity index (χ2n) is 8.10. The van der Waals surface area contributed by atoms with Gasteiger partial charge in [-0.1, -0.05) is 27.5 Å². The number of aryl methyl sites for hydroxylation is 1. The summed E-state index contributed by atoms with van der Waals surface area (Å²) in [7, 11) is -4.38. The van der Waals surface area contributed by atoms with E-state index in [1.54, 1.807) is 0 Å². The summed E-state index contributed by atoms with van der Waals surface area (Å²) in [6.45, 7) is 0.109. The maximum atomic E-state index is 12.7. The first-order valence-corrected chi connectivity index (χ1v) is 13.6. The molecule has 3 aliphatic rings. The minimum absolute atomic E-state index is 0.0159. The van der Waals surface area contributed by atoms with Gasteiger partial charge in [-0.3, -0.25) is 0 Å². The number of sulfonamides is 1. The first-order chi connectivity index (χ1) is 14.9. The van der Waals surface area contributed by atoms with Crippen LogP contribution in [-0.4, -0.2) is 37.7 Å². The molecule has 0 atom stereocenters. The molecule has 1 aromatic carbocycles. The predicted octanol–water partition coefficient (Wildman–Crippen LogP) is 6.13. The molecular weight excluding hydrogens is 597 g/mol. The fourth-order valence-corrected chi connectivity index (χ4v) is 7.45. The molecule has 11 heteroatoms. The molecule has 0 aromatic heterocycles. The van der Waals surface area contributed by atoms with E-state index in [9.17, 15) is 21.6 Å². The molecule has 1 aromatic rings. The van der Waals surface area contributed by atoms with E-state index >= 15 is 0 Å². The number of alkyl halides is 3. The molecule has 0 bridgehead atoms. The standard InChI is InChI=1S/C21H20Br2ClF3N2O2S/c22-15-7-14-2-1-13-8-16(24)9-17(23)18(13)19(20(14)28-10-15)12-3-5-29(6-4-12)32(30,31)11-21(25,26)27/h7-10,12,28H,1-6,11H2. The van der Waals surface area contributed by atoms with E-state index in [0.29, 0.717) is 17.9 Å². The Morgan fingerprint density at radius 1 is 1.16 bits per heavy atom. The van der Waals surface area contributed by atoms with Gasteiger partial charge in [-0.25, -0.2) is 12.7 Å².